The molecular formula is C36H44F2N4O6. The monoisotopic (exact) mass is 666 g/mol. The van der Waals surface area contributed by atoms with Gasteiger partial charge in [-0.2, -0.15) is 0 Å². The van der Waals surface area contributed by atoms with Gasteiger partial charge in [0, 0.05) is 38.3 Å². The van der Waals surface area contributed by atoms with Crippen molar-refractivity contribution in [1.29, 1.82) is 0 Å². The Hall–Kier alpha value is -4.00. The second-order valence-electron chi connectivity index (χ2n) is 12.7. The van der Waals surface area contributed by atoms with E-state index in [0.29, 0.717) is 31.7 Å². The van der Waals surface area contributed by atoms with Crippen LogP contribution in [0.5, 0.6) is 5.75 Å². The number of aliphatic hydroxyl groups is 1. The minimum absolute atomic E-state index is 0.0196. The van der Waals surface area contributed by atoms with Gasteiger partial charge in [0.05, 0.1) is 43.2 Å². The van der Waals surface area contributed by atoms with Crippen LogP contribution in [0.15, 0.2) is 42.7 Å². The first-order valence-corrected chi connectivity index (χ1v) is 16.5. The summed E-state index contributed by atoms with van der Waals surface area (Å²) in [6.07, 6.45) is 6.54. The lowest BCUT2D eigenvalue weighted by Gasteiger charge is -2.43. The fourth-order valence-corrected chi connectivity index (χ4v) is 7.56. The van der Waals surface area contributed by atoms with Gasteiger partial charge in [0.25, 0.3) is 5.91 Å². The van der Waals surface area contributed by atoms with Gasteiger partial charge in [-0.25, -0.2) is 13.8 Å². The first kappa shape index (κ1) is 35.3. The number of amides is 1. The topological polar surface area (TPSA) is 146 Å². The van der Waals surface area contributed by atoms with E-state index in [0.717, 1.165) is 30.5 Å². The van der Waals surface area contributed by atoms with E-state index in [-0.39, 0.29) is 71.1 Å². The molecule has 1 aliphatic heterocycles. The average molecular weight is 667 g/mol. The summed E-state index contributed by atoms with van der Waals surface area (Å²) in [5, 5.41) is 14.0. The van der Waals surface area contributed by atoms with Gasteiger partial charge in [0.2, 0.25) is 0 Å². The molecule has 1 aliphatic carbocycles. The maximum absolute atomic E-state index is 15.7. The number of hydrogen-bond donors (Lipinski definition) is 3. The van der Waals surface area contributed by atoms with Gasteiger partial charge in [0.1, 0.15) is 28.8 Å². The standard InChI is InChI=1S/C36H44F2N4O6/c1-5-20-15-21(16-27(39)31(20)23(6-2)35(44)47-4)24-9-12-40-19-29(24)42-34(43)28-8-7-25(37)33(41-28)32-26(38)17-22(18-30(32)46-3)36(45)10-13-48-14-11-36/h7-9,12,17-21,23,27,31,45H,5-6,10-11,13-16,39H2,1-4H3,(H,42,43). The zero-order chi connectivity index (χ0) is 34.6. The number of rotatable bonds is 10. The number of halogens is 2. The van der Waals surface area contributed by atoms with E-state index in [1.807, 2.05) is 13.0 Å². The molecule has 10 nitrogen and oxygen atoms in total. The third kappa shape index (κ3) is 7.06. The molecule has 2 aliphatic rings. The van der Waals surface area contributed by atoms with Crippen LogP contribution in [0.2, 0.25) is 0 Å². The van der Waals surface area contributed by atoms with E-state index in [1.54, 1.807) is 12.4 Å². The number of nitrogens with one attached hydrogen (secondary N) is 1. The number of benzene rings is 1. The molecule has 1 saturated heterocycles. The second kappa shape index (κ2) is 15.0. The molecule has 5 rings (SSSR count). The number of methoxy groups -OCH3 is 2. The van der Waals surface area contributed by atoms with Crippen LogP contribution >= 0.6 is 0 Å². The molecule has 0 radical (unpaired) electrons. The predicted molar refractivity (Wildman–Crippen MR) is 175 cm³/mol. The third-order valence-electron chi connectivity index (χ3n) is 10.1. The Morgan fingerprint density at radius 3 is 2.54 bits per heavy atom. The van der Waals surface area contributed by atoms with Crippen molar-refractivity contribution in [2.24, 2.45) is 23.5 Å². The molecule has 2 fully saturated rings. The van der Waals surface area contributed by atoms with E-state index in [4.69, 9.17) is 19.9 Å². The zero-order valence-electron chi connectivity index (χ0n) is 27.8. The molecule has 1 saturated carbocycles. The summed E-state index contributed by atoms with van der Waals surface area (Å²) in [7, 11) is 2.71. The maximum atomic E-state index is 15.7. The van der Waals surface area contributed by atoms with Crippen LogP contribution in [0, 0.1) is 29.4 Å². The molecule has 0 spiro atoms. The van der Waals surface area contributed by atoms with E-state index in [2.05, 4.69) is 22.2 Å². The summed E-state index contributed by atoms with van der Waals surface area (Å²) >= 11 is 0. The number of aromatic nitrogens is 2. The number of esters is 1. The Kier molecular flexibility index (Phi) is 11.1. The van der Waals surface area contributed by atoms with Crippen molar-refractivity contribution in [2.45, 2.75) is 69.9 Å². The molecule has 4 N–H and O–H groups in total. The molecule has 3 heterocycles. The number of anilines is 1. The fourth-order valence-electron chi connectivity index (χ4n) is 7.56. The van der Waals surface area contributed by atoms with Crippen LogP contribution in [0.1, 0.15) is 79.9 Å². The Balaban J connectivity index is 1.41. The number of carbonyl (C=O) groups is 2. The molecule has 12 heteroatoms. The Morgan fingerprint density at radius 1 is 1.12 bits per heavy atom. The fraction of sp³-hybridized carbons (Fsp3) is 0.500. The predicted octanol–water partition coefficient (Wildman–Crippen LogP) is 5.73. The van der Waals surface area contributed by atoms with Crippen LogP contribution in [-0.4, -0.2) is 60.4 Å². The highest BCUT2D eigenvalue weighted by molar-refractivity contribution is 6.03. The molecule has 258 valence electrons. The number of hydrogen-bond acceptors (Lipinski definition) is 9. The Bertz CT molecular complexity index is 1630. The molecule has 3 aromatic rings. The number of nitrogens with zero attached hydrogens (tertiary/aromatic N) is 2. The number of carbonyl (C=O) groups excluding carboxylic acids is 2. The maximum Gasteiger partial charge on any atom is 0.308 e. The van der Waals surface area contributed by atoms with Crippen molar-refractivity contribution in [3.8, 4) is 17.0 Å². The third-order valence-corrected chi connectivity index (χ3v) is 10.1. The molecule has 2 aromatic heterocycles. The summed E-state index contributed by atoms with van der Waals surface area (Å²) in [6.45, 7) is 4.68. The minimum atomic E-state index is -1.32. The van der Waals surface area contributed by atoms with E-state index < -0.39 is 28.8 Å². The van der Waals surface area contributed by atoms with Crippen molar-refractivity contribution >= 4 is 17.6 Å². The van der Waals surface area contributed by atoms with Crippen LogP contribution < -0.4 is 15.8 Å². The van der Waals surface area contributed by atoms with E-state index >= 15 is 8.78 Å². The van der Waals surface area contributed by atoms with Crippen molar-refractivity contribution in [3.63, 3.8) is 0 Å². The van der Waals surface area contributed by atoms with E-state index in [1.165, 1.54) is 26.4 Å². The van der Waals surface area contributed by atoms with Gasteiger partial charge in [0.15, 0.2) is 0 Å². The SMILES string of the molecule is CCC1CC(c2ccncc2NC(=O)c2ccc(F)c(-c3c(F)cc(C4(O)CCOCC4)cc3OC)n2)CC(N)C1C(CC)C(=O)OC. The first-order chi connectivity index (χ1) is 23.0. The second-order valence-corrected chi connectivity index (χ2v) is 12.7. The van der Waals surface area contributed by atoms with Gasteiger partial charge >= 0.3 is 5.97 Å². The normalized spacial score (nSPS) is 22.8. The molecular weight excluding hydrogens is 622 g/mol. The zero-order valence-corrected chi connectivity index (χ0v) is 27.8. The highest BCUT2D eigenvalue weighted by Crippen LogP contribution is 2.46. The summed E-state index contributed by atoms with van der Waals surface area (Å²) in [5.74, 6) is -2.80. The van der Waals surface area contributed by atoms with Gasteiger partial charge in [-0.15, -0.1) is 0 Å². The van der Waals surface area contributed by atoms with Crippen LogP contribution in [0.25, 0.3) is 11.3 Å². The van der Waals surface area contributed by atoms with Crippen molar-refractivity contribution in [1.82, 2.24) is 9.97 Å². The van der Waals surface area contributed by atoms with Crippen molar-refractivity contribution < 1.29 is 37.7 Å². The Morgan fingerprint density at radius 2 is 1.88 bits per heavy atom. The highest BCUT2D eigenvalue weighted by atomic mass is 19.1. The molecule has 48 heavy (non-hydrogen) atoms. The average Bonchev–Trinajstić information content (AvgIpc) is 3.09. The van der Waals surface area contributed by atoms with E-state index in [9.17, 15) is 14.7 Å². The van der Waals surface area contributed by atoms with Gasteiger partial charge in [-0.3, -0.25) is 14.6 Å². The molecule has 5 atom stereocenters. The van der Waals surface area contributed by atoms with Crippen molar-refractivity contribution in [2.75, 3.05) is 32.8 Å². The largest absolute Gasteiger partial charge is 0.496 e. The summed E-state index contributed by atoms with van der Waals surface area (Å²) in [6, 6.07) is 6.47. The lowest BCUT2D eigenvalue weighted by atomic mass is 9.63. The van der Waals surface area contributed by atoms with Crippen molar-refractivity contribution in [3.05, 3.63) is 71.2 Å². The van der Waals surface area contributed by atoms with Gasteiger partial charge in [-0.1, -0.05) is 20.3 Å². The van der Waals surface area contributed by atoms with Crippen LogP contribution in [-0.2, 0) is 19.9 Å². The summed E-state index contributed by atoms with van der Waals surface area (Å²) in [5.41, 5.74) is 6.20. The highest BCUT2D eigenvalue weighted by Gasteiger charge is 2.43. The summed E-state index contributed by atoms with van der Waals surface area (Å²) in [4.78, 5) is 34.6. The van der Waals surface area contributed by atoms with Crippen LogP contribution in [0.3, 0.4) is 0 Å². The molecule has 1 amide bonds. The Labute approximate surface area is 279 Å². The van der Waals surface area contributed by atoms with Crippen LogP contribution in [0.4, 0.5) is 14.5 Å². The number of pyridine rings is 2. The summed E-state index contributed by atoms with van der Waals surface area (Å²) < 4.78 is 46.8. The molecule has 5 unspecified atom stereocenters. The molecule has 1 aromatic carbocycles. The number of ether oxygens (including phenoxy) is 3. The lowest BCUT2D eigenvalue weighted by Crippen LogP contribution is -2.47. The van der Waals surface area contributed by atoms with Gasteiger partial charge < -0.3 is 30.4 Å². The first-order valence-electron chi connectivity index (χ1n) is 16.5. The molecule has 0 bridgehead atoms. The van der Waals surface area contributed by atoms with Gasteiger partial charge in [-0.05, 0) is 78.5 Å². The smallest absolute Gasteiger partial charge is 0.308 e. The number of nitrogens with two attached hydrogens (primary N) is 1. The quantitative estimate of drug-likeness (QED) is 0.231. The lowest BCUT2D eigenvalue weighted by molar-refractivity contribution is -0.149. The minimum Gasteiger partial charge on any atom is -0.496 e.